The number of Topliss-reactive ketones (excluding diaryl/α,β-unsaturated/α-hetero) is 1. The first kappa shape index (κ1) is 25.1. The van der Waals surface area contributed by atoms with Gasteiger partial charge in [-0.3, -0.25) is 19.4 Å². The van der Waals surface area contributed by atoms with Crippen molar-refractivity contribution in [3.05, 3.63) is 101 Å². The number of aromatic nitrogens is 1. The molecule has 0 aliphatic rings. The molecule has 0 saturated heterocycles. The molecule has 0 aliphatic carbocycles. The zero-order valence-corrected chi connectivity index (χ0v) is 21.0. The maximum Gasteiger partial charge on any atom is 0.307 e. The van der Waals surface area contributed by atoms with Crippen molar-refractivity contribution >= 4 is 50.2 Å². The summed E-state index contributed by atoms with van der Waals surface area (Å²) in [6, 6.07) is 22.6. The Morgan fingerprint density at radius 2 is 1.67 bits per heavy atom. The van der Waals surface area contributed by atoms with Crippen LogP contribution in [0.3, 0.4) is 0 Å². The molecule has 0 saturated carbocycles. The third-order valence-electron chi connectivity index (χ3n) is 5.51. The predicted octanol–water partition coefficient (Wildman–Crippen LogP) is 5.89. The standard InChI is InChI=1S/C28H23BrN2O5/c1-35-20-11-9-18(10-12-20)27(34)28(19-6-3-2-4-7-19)36-25(33)16-15-24(32)31-23-14-13-22(29)21-8-5-17-30-26(21)23/h2-14,17,28H,15-16H2,1H3,(H,31,32)/t28-/m0/s1. The molecule has 1 heterocycles. The van der Waals surface area contributed by atoms with Gasteiger partial charge in [-0.15, -0.1) is 0 Å². The van der Waals surface area contributed by atoms with Crippen LogP contribution in [0.15, 0.2) is 89.5 Å². The van der Waals surface area contributed by atoms with Gasteiger partial charge in [-0.1, -0.05) is 52.3 Å². The summed E-state index contributed by atoms with van der Waals surface area (Å²) in [6.45, 7) is 0. The average Bonchev–Trinajstić information content (AvgIpc) is 2.92. The Bertz CT molecular complexity index is 1390. The summed E-state index contributed by atoms with van der Waals surface area (Å²) in [5.74, 6) is -0.771. The van der Waals surface area contributed by atoms with Crippen LogP contribution in [0.2, 0.25) is 0 Å². The van der Waals surface area contributed by atoms with Crippen LogP contribution < -0.4 is 10.1 Å². The van der Waals surface area contributed by atoms with E-state index in [1.165, 1.54) is 7.11 Å². The lowest BCUT2D eigenvalue weighted by Crippen LogP contribution is -2.21. The van der Waals surface area contributed by atoms with E-state index in [1.54, 1.807) is 60.8 Å². The summed E-state index contributed by atoms with van der Waals surface area (Å²) in [5, 5.41) is 3.66. The lowest BCUT2D eigenvalue weighted by molar-refractivity contribution is -0.148. The number of hydrogen-bond acceptors (Lipinski definition) is 6. The minimum atomic E-state index is -1.13. The zero-order chi connectivity index (χ0) is 25.5. The number of methoxy groups -OCH3 is 1. The highest BCUT2D eigenvalue weighted by Gasteiger charge is 2.26. The molecule has 4 aromatic rings. The van der Waals surface area contributed by atoms with E-state index in [2.05, 4.69) is 26.2 Å². The number of amides is 1. The number of benzene rings is 3. The van der Waals surface area contributed by atoms with Crippen molar-refractivity contribution in [2.24, 2.45) is 0 Å². The van der Waals surface area contributed by atoms with Crippen LogP contribution in [0.5, 0.6) is 5.75 Å². The Labute approximate surface area is 216 Å². The van der Waals surface area contributed by atoms with Gasteiger partial charge in [-0.2, -0.15) is 0 Å². The van der Waals surface area contributed by atoms with Crippen molar-refractivity contribution in [2.45, 2.75) is 18.9 Å². The average molecular weight is 547 g/mol. The monoisotopic (exact) mass is 546 g/mol. The van der Waals surface area contributed by atoms with Gasteiger partial charge >= 0.3 is 5.97 Å². The Balaban J connectivity index is 1.43. The van der Waals surface area contributed by atoms with E-state index in [0.717, 1.165) is 9.86 Å². The van der Waals surface area contributed by atoms with Gasteiger partial charge < -0.3 is 14.8 Å². The molecule has 0 aliphatic heterocycles. The Morgan fingerprint density at radius 3 is 2.39 bits per heavy atom. The molecule has 0 unspecified atom stereocenters. The molecular weight excluding hydrogens is 524 g/mol. The lowest BCUT2D eigenvalue weighted by Gasteiger charge is -2.18. The fraction of sp³-hybridized carbons (Fsp3) is 0.143. The van der Waals surface area contributed by atoms with Crippen molar-refractivity contribution in [2.75, 3.05) is 12.4 Å². The van der Waals surface area contributed by atoms with Crippen molar-refractivity contribution in [1.82, 2.24) is 4.98 Å². The minimum Gasteiger partial charge on any atom is -0.497 e. The van der Waals surface area contributed by atoms with E-state index in [1.807, 2.05) is 24.3 Å². The highest BCUT2D eigenvalue weighted by atomic mass is 79.9. The van der Waals surface area contributed by atoms with E-state index in [0.29, 0.717) is 28.1 Å². The van der Waals surface area contributed by atoms with Crippen LogP contribution in [0, 0.1) is 0 Å². The number of ketones is 1. The van der Waals surface area contributed by atoms with Gasteiger partial charge in [-0.05, 0) is 42.5 Å². The molecule has 1 atom stereocenters. The second kappa shape index (κ2) is 11.6. The molecule has 0 spiro atoms. The molecule has 1 amide bonds. The Morgan fingerprint density at radius 1 is 0.917 bits per heavy atom. The summed E-state index contributed by atoms with van der Waals surface area (Å²) in [4.78, 5) is 42.8. The van der Waals surface area contributed by atoms with E-state index in [4.69, 9.17) is 9.47 Å². The number of halogens is 1. The topological polar surface area (TPSA) is 94.6 Å². The fourth-order valence-corrected chi connectivity index (χ4v) is 4.12. The number of hydrogen-bond donors (Lipinski definition) is 1. The number of esters is 1. The first-order valence-corrected chi connectivity index (χ1v) is 12.0. The van der Waals surface area contributed by atoms with Crippen molar-refractivity contribution in [3.8, 4) is 5.75 Å². The third-order valence-corrected chi connectivity index (χ3v) is 6.20. The molecule has 182 valence electrons. The third kappa shape index (κ3) is 5.95. The fourth-order valence-electron chi connectivity index (χ4n) is 3.66. The van der Waals surface area contributed by atoms with Crippen molar-refractivity contribution in [1.29, 1.82) is 0 Å². The Kier molecular flexibility index (Phi) is 8.07. The predicted molar refractivity (Wildman–Crippen MR) is 140 cm³/mol. The molecular formula is C28H23BrN2O5. The van der Waals surface area contributed by atoms with E-state index in [9.17, 15) is 14.4 Å². The quantitative estimate of drug-likeness (QED) is 0.207. The van der Waals surface area contributed by atoms with Crippen LogP contribution in [0.4, 0.5) is 5.69 Å². The van der Waals surface area contributed by atoms with Gasteiger partial charge in [0.2, 0.25) is 11.7 Å². The van der Waals surface area contributed by atoms with Crippen LogP contribution in [-0.2, 0) is 14.3 Å². The van der Waals surface area contributed by atoms with Crippen molar-refractivity contribution < 1.29 is 23.9 Å². The number of fused-ring (bicyclic) bond motifs is 1. The maximum atomic E-state index is 13.2. The number of ether oxygens (including phenoxy) is 2. The normalized spacial score (nSPS) is 11.5. The van der Waals surface area contributed by atoms with E-state index in [-0.39, 0.29) is 24.5 Å². The smallest absolute Gasteiger partial charge is 0.307 e. The Hall–Kier alpha value is -4.04. The number of nitrogens with zero attached hydrogens (tertiary/aromatic N) is 1. The minimum absolute atomic E-state index is 0.110. The number of carbonyl (C=O) groups is 3. The van der Waals surface area contributed by atoms with Crippen LogP contribution in [0.1, 0.15) is 34.9 Å². The summed E-state index contributed by atoms with van der Waals surface area (Å²) < 4.78 is 11.6. The van der Waals surface area contributed by atoms with Gasteiger partial charge in [-0.25, -0.2) is 0 Å². The van der Waals surface area contributed by atoms with Crippen molar-refractivity contribution in [3.63, 3.8) is 0 Å². The highest BCUT2D eigenvalue weighted by Crippen LogP contribution is 2.29. The second-order valence-corrected chi connectivity index (χ2v) is 8.77. The first-order valence-electron chi connectivity index (χ1n) is 11.2. The molecule has 0 fully saturated rings. The van der Waals surface area contributed by atoms with Gasteiger partial charge in [0.15, 0.2) is 6.10 Å². The number of nitrogens with one attached hydrogen (secondary N) is 1. The highest BCUT2D eigenvalue weighted by molar-refractivity contribution is 9.10. The lowest BCUT2D eigenvalue weighted by atomic mass is 9.99. The summed E-state index contributed by atoms with van der Waals surface area (Å²) in [5.41, 5.74) is 2.11. The van der Waals surface area contributed by atoms with Crippen LogP contribution >= 0.6 is 15.9 Å². The molecule has 0 radical (unpaired) electrons. The van der Waals surface area contributed by atoms with E-state index < -0.39 is 12.1 Å². The largest absolute Gasteiger partial charge is 0.497 e. The number of pyridine rings is 1. The van der Waals surface area contributed by atoms with E-state index >= 15 is 0 Å². The molecule has 8 heteroatoms. The number of anilines is 1. The molecule has 1 N–H and O–H groups in total. The van der Waals surface area contributed by atoms with Gasteiger partial charge in [0, 0.05) is 33.6 Å². The molecule has 36 heavy (non-hydrogen) atoms. The van der Waals surface area contributed by atoms with Crippen LogP contribution in [0.25, 0.3) is 10.9 Å². The van der Waals surface area contributed by atoms with Gasteiger partial charge in [0.25, 0.3) is 0 Å². The molecule has 1 aromatic heterocycles. The van der Waals surface area contributed by atoms with Crippen LogP contribution in [-0.4, -0.2) is 29.8 Å². The number of rotatable bonds is 9. The summed E-state index contributed by atoms with van der Waals surface area (Å²) >= 11 is 3.48. The first-order chi connectivity index (χ1) is 17.5. The molecule has 7 nitrogen and oxygen atoms in total. The molecule has 4 rings (SSSR count). The molecule has 0 bridgehead atoms. The number of carbonyl (C=O) groups excluding carboxylic acids is 3. The summed E-state index contributed by atoms with van der Waals surface area (Å²) in [7, 11) is 1.54. The maximum absolute atomic E-state index is 13.2. The molecule has 3 aromatic carbocycles. The van der Waals surface area contributed by atoms with Gasteiger partial charge in [0.1, 0.15) is 5.75 Å². The summed E-state index contributed by atoms with van der Waals surface area (Å²) in [6.07, 6.45) is 0.217. The van der Waals surface area contributed by atoms with Gasteiger partial charge in [0.05, 0.1) is 24.7 Å². The second-order valence-electron chi connectivity index (χ2n) is 7.92. The zero-order valence-electron chi connectivity index (χ0n) is 19.4. The SMILES string of the molecule is COc1ccc(C(=O)[C@@H](OC(=O)CCC(=O)Nc2ccc(Br)c3cccnc23)c2ccccc2)cc1.